The standard InChI is InChI=1S/C9H13.3C5H11N.Hf/c1-9(2,3)8-6-4-5-7-8;3*1-4-5-6(2)3;/h4,6H,5H2,1-3H3;3*4H,1,5H2,2-3H3;. The van der Waals surface area contributed by atoms with Crippen LogP contribution in [-0.2, 0) is 24.4 Å². The molecule has 4 heteroatoms. The number of hydrogen-bond acceptors (Lipinski definition) is 3. The van der Waals surface area contributed by atoms with Crippen LogP contribution in [0.3, 0.4) is 0 Å². The summed E-state index contributed by atoms with van der Waals surface area (Å²) in [4.78, 5) is 6.19. The van der Waals surface area contributed by atoms with Gasteiger partial charge in [0.25, 0.3) is 0 Å². The third kappa shape index (κ3) is 25.5. The van der Waals surface area contributed by atoms with E-state index in [4.69, 9.17) is 0 Å². The molecule has 0 unspecified atom stereocenters. The number of allylic oxidation sites excluding steroid dienone is 4. The van der Waals surface area contributed by atoms with Gasteiger partial charge in [0.05, 0.1) is 0 Å². The minimum absolute atomic E-state index is 0.379. The first-order valence-corrected chi connectivity index (χ1v) is 11.5. The fourth-order valence-electron chi connectivity index (χ4n) is 1.98. The Morgan fingerprint density at radius 1 is 0.821 bits per heavy atom. The summed E-state index contributed by atoms with van der Waals surface area (Å²) in [6.07, 6.45) is 11.4. The van der Waals surface area contributed by atoms with Gasteiger partial charge in [-0.25, -0.2) is 0 Å². The van der Waals surface area contributed by atoms with Gasteiger partial charge in [0.2, 0.25) is 0 Å². The zero-order valence-electron chi connectivity index (χ0n) is 20.2. The molecule has 0 saturated carbocycles. The average molecular weight is 555 g/mol. The van der Waals surface area contributed by atoms with Gasteiger partial charge in [-0.2, -0.15) is 0 Å². The molecule has 0 aromatic carbocycles. The van der Waals surface area contributed by atoms with E-state index in [9.17, 15) is 0 Å². The van der Waals surface area contributed by atoms with Gasteiger partial charge in [0, 0.05) is 19.6 Å². The van der Waals surface area contributed by atoms with Crippen LogP contribution in [0.15, 0.2) is 59.0 Å². The Balaban J connectivity index is -0.000000309. The molecule has 0 bridgehead atoms. The van der Waals surface area contributed by atoms with Crippen molar-refractivity contribution in [3.63, 3.8) is 0 Å². The molecule has 3 nitrogen and oxygen atoms in total. The summed E-state index contributed by atoms with van der Waals surface area (Å²) in [5.41, 5.74) is 1.96. The fourth-order valence-corrected chi connectivity index (χ4v) is 4.05. The zero-order valence-corrected chi connectivity index (χ0v) is 23.8. The molecule has 0 radical (unpaired) electrons. The minimum atomic E-state index is 0.379. The van der Waals surface area contributed by atoms with Crippen LogP contribution in [0.2, 0.25) is 0 Å². The summed E-state index contributed by atoms with van der Waals surface area (Å²) in [6.45, 7) is 20.5. The number of hydrogen-bond donors (Lipinski definition) is 0. The summed E-state index contributed by atoms with van der Waals surface area (Å²) in [6, 6.07) is 0. The first-order chi connectivity index (χ1) is 12.8. The fraction of sp³-hybridized carbons (Fsp3) is 0.583. The Labute approximate surface area is 192 Å². The molecule has 0 fully saturated rings. The zero-order chi connectivity index (χ0) is 22.8. The van der Waals surface area contributed by atoms with Crippen LogP contribution < -0.4 is 0 Å². The Bertz CT molecular complexity index is 433. The SMILES string of the molecule is C=CCN(C)C.C=CCN(C)C.C=CCN(C)C.CC(C)(C)C1=[C]([Hf])CC=C1. The van der Waals surface area contributed by atoms with Crippen molar-refractivity contribution >= 4 is 0 Å². The van der Waals surface area contributed by atoms with Gasteiger partial charge < -0.3 is 14.7 Å². The molecule has 0 amide bonds. The molecule has 0 saturated heterocycles. The molecule has 0 N–H and O–H groups in total. The molecule has 1 rings (SSSR count). The summed E-state index contributed by atoms with van der Waals surface area (Å²) >= 11 is 1.23. The summed E-state index contributed by atoms with van der Waals surface area (Å²) in [5, 5.41) is 0. The van der Waals surface area contributed by atoms with Gasteiger partial charge in [-0.15, -0.1) is 19.7 Å². The molecular weight excluding hydrogens is 509 g/mol. The van der Waals surface area contributed by atoms with E-state index in [1.807, 2.05) is 60.5 Å². The molecular formula is C24H46HfN3. The molecule has 1 aliphatic carbocycles. The maximum absolute atomic E-state index is 3.56. The molecule has 161 valence electrons. The maximum atomic E-state index is 3.56. The molecule has 1 aliphatic rings. The van der Waals surface area contributed by atoms with Crippen LogP contribution >= 0.6 is 0 Å². The molecule has 0 aliphatic heterocycles. The van der Waals surface area contributed by atoms with Crippen molar-refractivity contribution in [2.24, 2.45) is 5.41 Å². The Morgan fingerprint density at radius 2 is 1.14 bits per heavy atom. The van der Waals surface area contributed by atoms with Crippen LogP contribution in [0.25, 0.3) is 0 Å². The van der Waals surface area contributed by atoms with E-state index in [1.165, 1.54) is 30.8 Å². The van der Waals surface area contributed by atoms with Gasteiger partial charge in [0.15, 0.2) is 0 Å². The molecule has 0 atom stereocenters. The Morgan fingerprint density at radius 3 is 1.21 bits per heavy atom. The topological polar surface area (TPSA) is 9.72 Å². The predicted octanol–water partition coefficient (Wildman–Crippen LogP) is 5.00. The van der Waals surface area contributed by atoms with Gasteiger partial charge >= 0.3 is 78.0 Å². The first-order valence-electron chi connectivity index (χ1n) is 9.72. The normalized spacial score (nSPS) is 12.5. The number of likely N-dealkylation sites (N-methyl/N-ethyl adjacent to an activating group) is 3. The van der Waals surface area contributed by atoms with E-state index in [2.05, 4.69) is 67.4 Å². The van der Waals surface area contributed by atoms with Crippen molar-refractivity contribution < 1.29 is 24.4 Å². The number of rotatable bonds is 6. The van der Waals surface area contributed by atoms with E-state index in [0.29, 0.717) is 5.41 Å². The van der Waals surface area contributed by atoms with Crippen molar-refractivity contribution in [3.8, 4) is 0 Å². The van der Waals surface area contributed by atoms with E-state index in [-0.39, 0.29) is 0 Å². The van der Waals surface area contributed by atoms with Gasteiger partial charge in [-0.05, 0) is 42.3 Å². The summed E-state index contributed by atoms with van der Waals surface area (Å²) in [7, 11) is 12.1. The average Bonchev–Trinajstić information content (AvgIpc) is 2.95. The van der Waals surface area contributed by atoms with Gasteiger partial charge in [0.1, 0.15) is 0 Å². The van der Waals surface area contributed by atoms with Crippen LogP contribution in [0.1, 0.15) is 27.2 Å². The predicted molar refractivity (Wildman–Crippen MR) is 126 cm³/mol. The van der Waals surface area contributed by atoms with Crippen LogP contribution in [-0.4, -0.2) is 76.6 Å². The Hall–Kier alpha value is -0.550. The van der Waals surface area contributed by atoms with Crippen molar-refractivity contribution in [1.29, 1.82) is 0 Å². The van der Waals surface area contributed by atoms with Crippen LogP contribution in [0.4, 0.5) is 0 Å². The van der Waals surface area contributed by atoms with Crippen molar-refractivity contribution in [3.05, 3.63) is 59.0 Å². The monoisotopic (exact) mass is 556 g/mol. The van der Waals surface area contributed by atoms with E-state index >= 15 is 0 Å². The third-order valence-electron chi connectivity index (χ3n) is 3.22. The summed E-state index contributed by atoms with van der Waals surface area (Å²) in [5.74, 6) is 0. The van der Waals surface area contributed by atoms with Crippen molar-refractivity contribution in [2.75, 3.05) is 61.9 Å². The first kappa shape index (κ1) is 32.1. The summed E-state index contributed by atoms with van der Waals surface area (Å²) < 4.78 is 1.67. The van der Waals surface area contributed by atoms with Crippen molar-refractivity contribution in [2.45, 2.75) is 27.2 Å². The molecule has 0 aromatic heterocycles. The van der Waals surface area contributed by atoms with Gasteiger partial charge in [-0.1, -0.05) is 18.2 Å². The molecule has 28 heavy (non-hydrogen) atoms. The molecule has 0 aromatic rings. The van der Waals surface area contributed by atoms with Crippen LogP contribution in [0.5, 0.6) is 0 Å². The van der Waals surface area contributed by atoms with E-state index < -0.39 is 0 Å². The van der Waals surface area contributed by atoms with Crippen LogP contribution in [0, 0.1) is 5.41 Å². The molecule has 0 heterocycles. The van der Waals surface area contributed by atoms with E-state index in [0.717, 1.165) is 19.6 Å². The number of nitrogens with zero attached hydrogens (tertiary/aromatic N) is 3. The third-order valence-corrected chi connectivity index (χ3v) is 4.92. The second kappa shape index (κ2) is 19.8. The Kier molecular flexibility index (Phi) is 22.7. The van der Waals surface area contributed by atoms with Crippen molar-refractivity contribution in [1.82, 2.24) is 14.7 Å². The quantitative estimate of drug-likeness (QED) is 0.338. The second-order valence-electron chi connectivity index (χ2n) is 8.40. The second-order valence-corrected chi connectivity index (χ2v) is 10.6. The van der Waals surface area contributed by atoms with E-state index in [1.54, 1.807) is 8.90 Å². The van der Waals surface area contributed by atoms with Gasteiger partial charge in [-0.3, -0.25) is 0 Å². The molecule has 0 spiro atoms.